The molecule has 1 N–H and O–H groups in total. The number of benzene rings is 2. The van der Waals surface area contributed by atoms with Crippen molar-refractivity contribution in [1.82, 2.24) is 15.5 Å². The topological polar surface area (TPSA) is 68.0 Å². The Hall–Kier alpha value is -2.95. The first-order valence-corrected chi connectivity index (χ1v) is 9.43. The van der Waals surface area contributed by atoms with Crippen LogP contribution in [-0.2, 0) is 24.1 Å². The van der Waals surface area contributed by atoms with E-state index in [1.807, 2.05) is 38.1 Å². The number of aryl methyl sites for hydroxylation is 3. The number of rotatable bonds is 5. The van der Waals surface area contributed by atoms with Crippen LogP contribution < -0.4 is 5.32 Å². The molecule has 0 spiro atoms. The molecule has 1 heterocycles. The van der Waals surface area contributed by atoms with E-state index in [9.17, 15) is 4.79 Å². The number of hydrogen-bond donors (Lipinski definition) is 1. The van der Waals surface area contributed by atoms with Gasteiger partial charge in [-0.2, -0.15) is 4.98 Å². The number of fused-ring (bicyclic) bond motifs is 1. The predicted octanol–water partition coefficient (Wildman–Crippen LogP) is 3.95. The average molecular weight is 361 g/mol. The van der Waals surface area contributed by atoms with Crippen molar-refractivity contribution in [2.24, 2.45) is 0 Å². The van der Waals surface area contributed by atoms with Crippen LogP contribution in [0.4, 0.5) is 0 Å². The SMILES string of the molecule is CCc1nc(-c2ccc3c(c2)CC[C@H]3NC(=O)Cc2cccc(C)c2)no1. The van der Waals surface area contributed by atoms with Crippen molar-refractivity contribution < 1.29 is 9.32 Å². The zero-order valence-electron chi connectivity index (χ0n) is 15.7. The van der Waals surface area contributed by atoms with Crippen LogP contribution in [0.1, 0.15) is 47.5 Å². The number of hydrogen-bond acceptors (Lipinski definition) is 4. The first kappa shape index (κ1) is 17.5. The maximum absolute atomic E-state index is 12.5. The second-order valence-corrected chi connectivity index (χ2v) is 7.10. The van der Waals surface area contributed by atoms with Crippen molar-refractivity contribution in [1.29, 1.82) is 0 Å². The van der Waals surface area contributed by atoms with Crippen molar-refractivity contribution in [3.63, 3.8) is 0 Å². The van der Waals surface area contributed by atoms with E-state index in [1.165, 1.54) is 16.7 Å². The molecular formula is C22H23N3O2. The summed E-state index contributed by atoms with van der Waals surface area (Å²) in [5.41, 5.74) is 5.62. The van der Waals surface area contributed by atoms with E-state index in [1.54, 1.807) is 0 Å². The molecule has 1 aromatic heterocycles. The smallest absolute Gasteiger partial charge is 0.226 e. The van der Waals surface area contributed by atoms with E-state index < -0.39 is 0 Å². The number of aromatic nitrogens is 2. The van der Waals surface area contributed by atoms with Gasteiger partial charge in [0.2, 0.25) is 17.6 Å². The normalized spacial score (nSPS) is 15.6. The number of carbonyl (C=O) groups is 1. The number of nitrogens with one attached hydrogen (secondary N) is 1. The standard InChI is InChI=1S/C22H23N3O2/c1-3-21-24-22(25-27-21)17-7-9-18-16(13-17)8-10-19(18)23-20(26)12-15-6-4-5-14(2)11-15/h4-7,9,11,13,19H,3,8,10,12H2,1-2H3,(H,23,26)/t19-/m1/s1. The lowest BCUT2D eigenvalue weighted by molar-refractivity contribution is -0.121. The summed E-state index contributed by atoms with van der Waals surface area (Å²) < 4.78 is 5.21. The van der Waals surface area contributed by atoms with Gasteiger partial charge in [0.05, 0.1) is 12.5 Å². The van der Waals surface area contributed by atoms with Gasteiger partial charge in [-0.1, -0.05) is 54.0 Å². The molecule has 0 fully saturated rings. The van der Waals surface area contributed by atoms with Crippen LogP contribution in [0.15, 0.2) is 47.0 Å². The third kappa shape index (κ3) is 3.77. The molecule has 1 aliphatic carbocycles. The van der Waals surface area contributed by atoms with Gasteiger partial charge in [-0.25, -0.2) is 0 Å². The fourth-order valence-electron chi connectivity index (χ4n) is 3.68. The van der Waals surface area contributed by atoms with Gasteiger partial charge in [0, 0.05) is 12.0 Å². The molecule has 5 nitrogen and oxygen atoms in total. The molecule has 3 aromatic rings. The monoisotopic (exact) mass is 361 g/mol. The Kier molecular flexibility index (Phi) is 4.75. The highest BCUT2D eigenvalue weighted by Gasteiger charge is 2.25. The van der Waals surface area contributed by atoms with Gasteiger partial charge >= 0.3 is 0 Å². The summed E-state index contributed by atoms with van der Waals surface area (Å²) in [7, 11) is 0. The minimum Gasteiger partial charge on any atom is -0.349 e. The minimum absolute atomic E-state index is 0.0632. The average Bonchev–Trinajstić information content (AvgIpc) is 3.28. The molecular weight excluding hydrogens is 338 g/mol. The molecule has 1 amide bonds. The summed E-state index contributed by atoms with van der Waals surface area (Å²) in [5, 5.41) is 7.24. The van der Waals surface area contributed by atoms with E-state index in [0.717, 1.165) is 30.4 Å². The van der Waals surface area contributed by atoms with Crippen LogP contribution in [0.2, 0.25) is 0 Å². The van der Waals surface area contributed by atoms with Gasteiger partial charge in [0.15, 0.2) is 0 Å². The highest BCUT2D eigenvalue weighted by Crippen LogP contribution is 2.33. The predicted molar refractivity (Wildman–Crippen MR) is 103 cm³/mol. The third-order valence-electron chi connectivity index (χ3n) is 5.03. The summed E-state index contributed by atoms with van der Waals surface area (Å²) in [6, 6.07) is 14.4. The summed E-state index contributed by atoms with van der Waals surface area (Å²) in [4.78, 5) is 16.9. The summed E-state index contributed by atoms with van der Waals surface area (Å²) in [6.07, 6.45) is 3.00. The van der Waals surface area contributed by atoms with Gasteiger partial charge in [-0.3, -0.25) is 4.79 Å². The van der Waals surface area contributed by atoms with E-state index in [0.29, 0.717) is 18.1 Å². The van der Waals surface area contributed by atoms with Gasteiger partial charge < -0.3 is 9.84 Å². The van der Waals surface area contributed by atoms with Crippen LogP contribution in [-0.4, -0.2) is 16.0 Å². The molecule has 27 heavy (non-hydrogen) atoms. The Morgan fingerprint density at radius 2 is 2.15 bits per heavy atom. The van der Waals surface area contributed by atoms with Gasteiger partial charge in [0.25, 0.3) is 0 Å². The molecule has 0 saturated carbocycles. The lowest BCUT2D eigenvalue weighted by Gasteiger charge is -2.14. The second kappa shape index (κ2) is 7.35. The third-order valence-corrected chi connectivity index (χ3v) is 5.03. The largest absolute Gasteiger partial charge is 0.349 e. The second-order valence-electron chi connectivity index (χ2n) is 7.10. The van der Waals surface area contributed by atoms with Crippen molar-refractivity contribution >= 4 is 5.91 Å². The van der Waals surface area contributed by atoms with E-state index in [-0.39, 0.29) is 11.9 Å². The molecule has 138 valence electrons. The fraction of sp³-hybridized carbons (Fsp3) is 0.318. The molecule has 0 bridgehead atoms. The van der Waals surface area contributed by atoms with Crippen LogP contribution in [0.5, 0.6) is 0 Å². The quantitative estimate of drug-likeness (QED) is 0.747. The lowest BCUT2D eigenvalue weighted by Crippen LogP contribution is -2.28. The zero-order chi connectivity index (χ0) is 18.8. The van der Waals surface area contributed by atoms with Gasteiger partial charge in [0.1, 0.15) is 0 Å². The molecule has 1 aliphatic rings. The maximum Gasteiger partial charge on any atom is 0.226 e. The summed E-state index contributed by atoms with van der Waals surface area (Å²) in [6.45, 7) is 4.03. The Balaban J connectivity index is 1.46. The fourth-order valence-corrected chi connectivity index (χ4v) is 3.68. The van der Waals surface area contributed by atoms with Gasteiger partial charge in [-0.15, -0.1) is 0 Å². The Morgan fingerprint density at radius 1 is 1.26 bits per heavy atom. The minimum atomic E-state index is 0.0632. The van der Waals surface area contributed by atoms with Crippen LogP contribution in [0, 0.1) is 6.92 Å². The molecule has 0 saturated heterocycles. The van der Waals surface area contributed by atoms with Crippen molar-refractivity contribution in [3.05, 3.63) is 70.6 Å². The number of amides is 1. The first-order chi connectivity index (χ1) is 13.1. The highest BCUT2D eigenvalue weighted by atomic mass is 16.5. The Labute approximate surface area is 158 Å². The first-order valence-electron chi connectivity index (χ1n) is 9.43. The molecule has 1 atom stereocenters. The van der Waals surface area contributed by atoms with Crippen molar-refractivity contribution in [3.8, 4) is 11.4 Å². The van der Waals surface area contributed by atoms with Crippen molar-refractivity contribution in [2.45, 2.75) is 45.6 Å². The molecule has 4 rings (SSSR count). The van der Waals surface area contributed by atoms with Gasteiger partial charge in [-0.05, 0) is 42.5 Å². The van der Waals surface area contributed by atoms with E-state index >= 15 is 0 Å². The number of carbonyl (C=O) groups excluding carboxylic acids is 1. The molecule has 0 radical (unpaired) electrons. The zero-order valence-corrected chi connectivity index (χ0v) is 15.7. The van der Waals surface area contributed by atoms with Crippen molar-refractivity contribution in [2.75, 3.05) is 0 Å². The Bertz CT molecular complexity index is 977. The van der Waals surface area contributed by atoms with Crippen LogP contribution >= 0.6 is 0 Å². The molecule has 2 aromatic carbocycles. The summed E-state index contributed by atoms with van der Waals surface area (Å²) >= 11 is 0. The number of nitrogens with zero attached hydrogens (tertiary/aromatic N) is 2. The molecule has 5 heteroatoms. The maximum atomic E-state index is 12.5. The Morgan fingerprint density at radius 3 is 2.93 bits per heavy atom. The van der Waals surface area contributed by atoms with E-state index in [4.69, 9.17) is 4.52 Å². The van der Waals surface area contributed by atoms with Crippen LogP contribution in [0.3, 0.4) is 0 Å². The molecule has 0 aliphatic heterocycles. The van der Waals surface area contributed by atoms with Crippen LogP contribution in [0.25, 0.3) is 11.4 Å². The highest BCUT2D eigenvalue weighted by molar-refractivity contribution is 5.79. The lowest BCUT2D eigenvalue weighted by atomic mass is 10.0. The summed E-state index contributed by atoms with van der Waals surface area (Å²) in [5.74, 6) is 1.33. The van der Waals surface area contributed by atoms with E-state index in [2.05, 4.69) is 33.7 Å². The molecule has 0 unspecified atom stereocenters.